The van der Waals surface area contributed by atoms with Gasteiger partial charge in [-0.1, -0.05) is 35.3 Å². The van der Waals surface area contributed by atoms with Gasteiger partial charge in [-0.2, -0.15) is 4.31 Å². The molecule has 2 fully saturated rings. The standard InChI is InChI=1S/C23H22Cl2FN3O6S/c24-17-8-7-16(11-18(17)25)36(34,35)29-10-9-28(23(33)14-1-2-14)22(29)21(32)27-19(12-20(30)31)13-3-5-15(26)6-4-13/h3-8,11,14,19,22H,1-2,9-10,12H2,(H,27,32)(H,30,31). The Morgan fingerprint density at radius 2 is 1.72 bits per heavy atom. The van der Waals surface area contributed by atoms with Gasteiger partial charge < -0.3 is 15.3 Å². The van der Waals surface area contributed by atoms with Gasteiger partial charge in [-0.15, -0.1) is 0 Å². The molecule has 0 spiro atoms. The van der Waals surface area contributed by atoms with Gasteiger partial charge in [0, 0.05) is 19.0 Å². The highest BCUT2D eigenvalue weighted by Crippen LogP contribution is 2.35. The quantitative estimate of drug-likeness (QED) is 0.514. The Bertz CT molecular complexity index is 1300. The van der Waals surface area contributed by atoms with Crippen LogP contribution in [-0.4, -0.2) is 59.8 Å². The molecule has 1 aliphatic carbocycles. The van der Waals surface area contributed by atoms with Gasteiger partial charge in [0.25, 0.3) is 5.91 Å². The fraction of sp³-hybridized carbons (Fsp3) is 0.348. The van der Waals surface area contributed by atoms with E-state index in [0.29, 0.717) is 18.4 Å². The van der Waals surface area contributed by atoms with E-state index in [9.17, 15) is 32.3 Å². The number of sulfonamides is 1. The van der Waals surface area contributed by atoms with Crippen LogP contribution < -0.4 is 5.32 Å². The number of hydrogen-bond acceptors (Lipinski definition) is 5. The number of rotatable bonds is 8. The van der Waals surface area contributed by atoms with Gasteiger partial charge in [-0.3, -0.25) is 14.4 Å². The predicted octanol–water partition coefficient (Wildman–Crippen LogP) is 3.03. The van der Waals surface area contributed by atoms with Crippen molar-refractivity contribution in [1.29, 1.82) is 0 Å². The molecule has 192 valence electrons. The molecule has 1 heterocycles. The summed E-state index contributed by atoms with van der Waals surface area (Å²) in [7, 11) is -4.30. The SMILES string of the molecule is O=C(O)CC(NC(=O)C1N(C(=O)C2CC2)CCN1S(=O)(=O)c1ccc(Cl)c(Cl)c1)c1ccc(F)cc1. The number of benzene rings is 2. The second kappa shape index (κ2) is 10.3. The van der Waals surface area contributed by atoms with E-state index in [1.807, 2.05) is 0 Å². The van der Waals surface area contributed by atoms with Gasteiger partial charge >= 0.3 is 5.97 Å². The molecule has 1 aliphatic heterocycles. The minimum atomic E-state index is -4.30. The topological polar surface area (TPSA) is 124 Å². The molecule has 0 radical (unpaired) electrons. The molecule has 2 aliphatic rings. The number of carbonyl (C=O) groups excluding carboxylic acids is 2. The molecule has 2 aromatic carbocycles. The summed E-state index contributed by atoms with van der Waals surface area (Å²) in [5.41, 5.74) is 0.309. The second-order valence-electron chi connectivity index (χ2n) is 8.58. The van der Waals surface area contributed by atoms with E-state index >= 15 is 0 Å². The van der Waals surface area contributed by atoms with Crippen LogP contribution in [0.1, 0.15) is 30.9 Å². The van der Waals surface area contributed by atoms with Crippen LogP contribution in [0.2, 0.25) is 10.0 Å². The summed E-state index contributed by atoms with van der Waals surface area (Å²) in [4.78, 5) is 38.9. The van der Waals surface area contributed by atoms with Gasteiger partial charge in [-0.05, 0) is 48.7 Å². The summed E-state index contributed by atoms with van der Waals surface area (Å²) in [5.74, 6) is -3.30. The van der Waals surface area contributed by atoms with E-state index in [1.165, 1.54) is 29.2 Å². The molecule has 9 nitrogen and oxygen atoms in total. The molecule has 2 atom stereocenters. The van der Waals surface area contributed by atoms with Crippen molar-refractivity contribution in [3.05, 3.63) is 63.9 Å². The Kier molecular flexibility index (Phi) is 7.56. The lowest BCUT2D eigenvalue weighted by atomic mass is 10.0. The number of carbonyl (C=O) groups is 3. The Labute approximate surface area is 216 Å². The van der Waals surface area contributed by atoms with Crippen molar-refractivity contribution in [2.45, 2.75) is 36.4 Å². The molecular formula is C23H22Cl2FN3O6S. The average Bonchev–Trinajstić information content (AvgIpc) is 3.57. The largest absolute Gasteiger partial charge is 0.481 e. The van der Waals surface area contributed by atoms with Crippen molar-refractivity contribution in [1.82, 2.24) is 14.5 Å². The van der Waals surface area contributed by atoms with Gasteiger partial charge in [0.1, 0.15) is 5.82 Å². The minimum Gasteiger partial charge on any atom is -0.481 e. The third kappa shape index (κ3) is 5.49. The summed E-state index contributed by atoms with van der Waals surface area (Å²) in [6.45, 7) is -0.173. The van der Waals surface area contributed by atoms with Crippen LogP contribution in [0.5, 0.6) is 0 Å². The van der Waals surface area contributed by atoms with Crippen LogP contribution in [0.4, 0.5) is 4.39 Å². The first kappa shape index (κ1) is 26.3. The predicted molar refractivity (Wildman–Crippen MR) is 128 cm³/mol. The van der Waals surface area contributed by atoms with Gasteiger partial charge in [0.05, 0.1) is 27.4 Å². The van der Waals surface area contributed by atoms with Crippen LogP contribution in [0, 0.1) is 11.7 Å². The number of nitrogens with zero attached hydrogens (tertiary/aromatic N) is 2. The lowest BCUT2D eigenvalue weighted by Crippen LogP contribution is -2.54. The van der Waals surface area contributed by atoms with Gasteiger partial charge in [-0.25, -0.2) is 12.8 Å². The van der Waals surface area contributed by atoms with Crippen molar-refractivity contribution < 1.29 is 32.3 Å². The highest BCUT2D eigenvalue weighted by molar-refractivity contribution is 7.89. The highest BCUT2D eigenvalue weighted by Gasteiger charge is 2.49. The average molecular weight is 558 g/mol. The van der Waals surface area contributed by atoms with E-state index < -0.39 is 46.3 Å². The number of carboxylic acids is 1. The van der Waals surface area contributed by atoms with Crippen molar-refractivity contribution in [3.8, 4) is 0 Å². The first-order chi connectivity index (χ1) is 17.0. The van der Waals surface area contributed by atoms with Crippen molar-refractivity contribution in [2.75, 3.05) is 13.1 Å². The zero-order valence-electron chi connectivity index (χ0n) is 18.7. The molecule has 2 N–H and O–H groups in total. The van der Waals surface area contributed by atoms with E-state index in [1.54, 1.807) is 0 Å². The Morgan fingerprint density at radius 1 is 1.06 bits per heavy atom. The zero-order valence-corrected chi connectivity index (χ0v) is 21.1. The molecule has 0 aromatic heterocycles. The maximum atomic E-state index is 13.5. The van der Waals surface area contributed by atoms with Crippen LogP contribution in [0.15, 0.2) is 47.4 Å². The Hall–Kier alpha value is -2.73. The molecule has 2 unspecified atom stereocenters. The molecule has 1 saturated carbocycles. The van der Waals surface area contributed by atoms with E-state index in [4.69, 9.17) is 23.2 Å². The number of aliphatic carboxylic acids is 1. The molecule has 2 aromatic rings. The van der Waals surface area contributed by atoms with E-state index in [2.05, 4.69) is 5.32 Å². The molecule has 1 saturated heterocycles. The Balaban J connectivity index is 1.68. The number of nitrogens with one attached hydrogen (secondary N) is 1. The lowest BCUT2D eigenvalue weighted by molar-refractivity contribution is -0.142. The number of halogens is 3. The third-order valence-electron chi connectivity index (χ3n) is 6.04. The summed E-state index contributed by atoms with van der Waals surface area (Å²) < 4.78 is 41.3. The minimum absolute atomic E-state index is 0.00156. The normalized spacial score (nSPS) is 19.2. The maximum absolute atomic E-state index is 13.5. The summed E-state index contributed by atoms with van der Waals surface area (Å²) in [6.07, 6.45) is -0.810. The molecular weight excluding hydrogens is 536 g/mol. The maximum Gasteiger partial charge on any atom is 0.305 e. The monoisotopic (exact) mass is 557 g/mol. The first-order valence-electron chi connectivity index (χ1n) is 11.0. The molecule has 13 heteroatoms. The van der Waals surface area contributed by atoms with Crippen LogP contribution >= 0.6 is 23.2 Å². The van der Waals surface area contributed by atoms with Crippen LogP contribution in [0.25, 0.3) is 0 Å². The van der Waals surface area contributed by atoms with Crippen LogP contribution in [0.3, 0.4) is 0 Å². The van der Waals surface area contributed by atoms with Gasteiger partial charge in [0.15, 0.2) is 6.17 Å². The molecule has 2 amide bonds. The lowest BCUT2D eigenvalue weighted by Gasteiger charge is -2.30. The third-order valence-corrected chi connectivity index (χ3v) is 8.63. The van der Waals surface area contributed by atoms with Crippen molar-refractivity contribution in [3.63, 3.8) is 0 Å². The van der Waals surface area contributed by atoms with Crippen molar-refractivity contribution in [2.24, 2.45) is 5.92 Å². The zero-order chi connectivity index (χ0) is 26.2. The van der Waals surface area contributed by atoms with Crippen molar-refractivity contribution >= 4 is 51.0 Å². The molecule has 0 bridgehead atoms. The van der Waals surface area contributed by atoms with E-state index in [-0.39, 0.29) is 39.9 Å². The fourth-order valence-electron chi connectivity index (χ4n) is 4.07. The smallest absolute Gasteiger partial charge is 0.305 e. The van der Waals surface area contributed by atoms with Crippen LogP contribution in [-0.2, 0) is 24.4 Å². The summed E-state index contributed by atoms with van der Waals surface area (Å²) in [5, 5.41) is 12.1. The number of amides is 2. The highest BCUT2D eigenvalue weighted by atomic mass is 35.5. The summed E-state index contributed by atoms with van der Waals surface area (Å²) >= 11 is 11.9. The number of hydrogen-bond donors (Lipinski definition) is 2. The van der Waals surface area contributed by atoms with E-state index in [0.717, 1.165) is 22.5 Å². The van der Waals surface area contributed by atoms with Gasteiger partial charge in [0.2, 0.25) is 15.9 Å². The number of carboxylic acid groups (broad SMARTS) is 1. The molecule has 36 heavy (non-hydrogen) atoms. The first-order valence-corrected chi connectivity index (χ1v) is 13.2. The molecule has 4 rings (SSSR count). The second-order valence-corrected chi connectivity index (χ2v) is 11.3. The Morgan fingerprint density at radius 3 is 2.31 bits per heavy atom. The fourth-order valence-corrected chi connectivity index (χ4v) is 6.00. The summed E-state index contributed by atoms with van der Waals surface area (Å²) in [6, 6.07) is 7.52.